The predicted molar refractivity (Wildman–Crippen MR) is 153 cm³/mol. The van der Waals surface area contributed by atoms with Crippen molar-refractivity contribution < 1.29 is 32.9 Å². The molecule has 0 aliphatic carbocycles. The van der Waals surface area contributed by atoms with Crippen molar-refractivity contribution in [2.75, 3.05) is 26.4 Å². The van der Waals surface area contributed by atoms with E-state index in [9.17, 15) is 10.1 Å². The predicted octanol–water partition coefficient (Wildman–Crippen LogP) is 6.06. The van der Waals surface area contributed by atoms with E-state index < -0.39 is 29.3 Å². The zero-order valence-electron chi connectivity index (χ0n) is 23.8. The van der Waals surface area contributed by atoms with Crippen molar-refractivity contribution >= 4 is 29.0 Å². The summed E-state index contributed by atoms with van der Waals surface area (Å²) < 4.78 is 43.2. The van der Waals surface area contributed by atoms with E-state index in [4.69, 9.17) is 35.3 Å². The molecule has 13 heteroatoms. The first-order valence-corrected chi connectivity index (χ1v) is 14.4. The van der Waals surface area contributed by atoms with Gasteiger partial charge < -0.3 is 23.7 Å². The minimum atomic E-state index is -0.918. The van der Waals surface area contributed by atoms with Crippen LogP contribution >= 0.6 is 22.9 Å². The zero-order chi connectivity index (χ0) is 30.2. The normalized spacial score (nSPS) is 18.3. The largest absolute Gasteiger partial charge is 0.488 e. The Morgan fingerprint density at radius 1 is 1.19 bits per heavy atom. The molecular formula is C29H30ClFN4O6S. The van der Waals surface area contributed by atoms with Gasteiger partial charge in [0.05, 0.1) is 36.4 Å². The molecule has 1 aromatic heterocycles. The lowest BCUT2D eigenvalue weighted by Crippen LogP contribution is -2.51. The summed E-state index contributed by atoms with van der Waals surface area (Å²) in [4.78, 5) is 14.3. The Morgan fingerprint density at radius 2 is 1.93 bits per heavy atom. The highest BCUT2D eigenvalue weighted by Gasteiger charge is 2.46. The van der Waals surface area contributed by atoms with E-state index in [1.807, 2.05) is 0 Å². The number of benzene rings is 2. The Balaban J connectivity index is 1.30. The van der Waals surface area contributed by atoms with Crippen LogP contribution in [0.4, 0.5) is 9.18 Å². The number of amides is 1. The molecule has 2 aromatic carbocycles. The SMILES string of the molecule is CC(C)(C)OC(=O)N1[C@@H](COc2cc(Cl)c(-c3nnc(-c4ccc(OC5COC5)c(C#N)c4)s3)cc2F)COC1(C)C. The first-order valence-electron chi connectivity index (χ1n) is 13.3. The Labute approximate surface area is 251 Å². The number of halogens is 2. The molecule has 0 unspecified atom stereocenters. The number of ether oxygens (including phenoxy) is 5. The molecule has 1 atom stereocenters. The van der Waals surface area contributed by atoms with E-state index in [1.165, 1.54) is 28.4 Å². The second-order valence-corrected chi connectivity index (χ2v) is 12.7. The number of carbonyl (C=O) groups is 1. The fourth-order valence-electron chi connectivity index (χ4n) is 4.44. The molecule has 2 aliphatic heterocycles. The standard InChI is InChI=1S/C29H30ClFN4O6S/c1-28(2,3)41-27(36)35-18(13-39-29(35,4)5)12-38-24-10-21(30)20(9-22(24)31)26-34-33-25(42-26)16-6-7-23(17(8-16)11-32)40-19-14-37-15-19/h6-10,18-19H,12-15H2,1-5H3/t18-/m0/s1. The van der Waals surface area contributed by atoms with Crippen molar-refractivity contribution in [3.8, 4) is 38.7 Å². The second-order valence-electron chi connectivity index (χ2n) is 11.3. The number of nitriles is 1. The monoisotopic (exact) mass is 616 g/mol. The average molecular weight is 617 g/mol. The van der Waals surface area contributed by atoms with Gasteiger partial charge in [-0.1, -0.05) is 22.9 Å². The molecule has 222 valence electrons. The van der Waals surface area contributed by atoms with E-state index in [2.05, 4.69) is 16.3 Å². The van der Waals surface area contributed by atoms with Crippen LogP contribution in [0.25, 0.3) is 21.1 Å². The third kappa shape index (κ3) is 6.44. The Morgan fingerprint density at radius 3 is 2.60 bits per heavy atom. The van der Waals surface area contributed by atoms with Crippen LogP contribution in [0, 0.1) is 17.1 Å². The first kappa shape index (κ1) is 30.0. The van der Waals surface area contributed by atoms with Gasteiger partial charge in [-0.15, -0.1) is 10.2 Å². The molecule has 2 fully saturated rings. The molecule has 0 saturated carbocycles. The molecule has 0 N–H and O–H groups in total. The van der Waals surface area contributed by atoms with Gasteiger partial charge >= 0.3 is 6.09 Å². The molecule has 0 radical (unpaired) electrons. The van der Waals surface area contributed by atoms with E-state index >= 15 is 4.39 Å². The van der Waals surface area contributed by atoms with Gasteiger partial charge in [-0.3, -0.25) is 4.90 Å². The fourth-order valence-corrected chi connectivity index (χ4v) is 5.61. The summed E-state index contributed by atoms with van der Waals surface area (Å²) in [5.74, 6) is -0.253. The molecule has 0 spiro atoms. The summed E-state index contributed by atoms with van der Waals surface area (Å²) in [5, 5.41) is 19.2. The molecule has 3 aromatic rings. The summed E-state index contributed by atoms with van der Waals surface area (Å²) in [6.07, 6.45) is -0.612. The maximum Gasteiger partial charge on any atom is 0.413 e. The molecule has 2 aliphatic rings. The Kier molecular flexibility index (Phi) is 8.31. The Bertz CT molecular complexity index is 1530. The van der Waals surface area contributed by atoms with Crippen LogP contribution in [0.5, 0.6) is 11.5 Å². The van der Waals surface area contributed by atoms with Gasteiger partial charge in [0.2, 0.25) is 0 Å². The molecule has 0 bridgehead atoms. The smallest absolute Gasteiger partial charge is 0.413 e. The minimum Gasteiger partial charge on any atom is -0.488 e. The van der Waals surface area contributed by atoms with Crippen LogP contribution in [0.2, 0.25) is 5.02 Å². The van der Waals surface area contributed by atoms with Crippen molar-refractivity contribution in [3.05, 3.63) is 46.7 Å². The van der Waals surface area contributed by atoms with Crippen molar-refractivity contribution in [2.45, 2.75) is 58.1 Å². The Hall–Kier alpha value is -3.50. The molecule has 42 heavy (non-hydrogen) atoms. The zero-order valence-corrected chi connectivity index (χ0v) is 25.3. The average Bonchev–Trinajstić information content (AvgIpc) is 3.49. The third-order valence-corrected chi connectivity index (χ3v) is 7.84. The fraction of sp³-hybridized carbons (Fsp3) is 0.448. The lowest BCUT2D eigenvalue weighted by atomic mass is 10.1. The van der Waals surface area contributed by atoms with Crippen molar-refractivity contribution in [3.63, 3.8) is 0 Å². The van der Waals surface area contributed by atoms with Crippen LogP contribution in [0.1, 0.15) is 40.2 Å². The van der Waals surface area contributed by atoms with Crippen molar-refractivity contribution in [2.24, 2.45) is 0 Å². The maximum absolute atomic E-state index is 15.2. The maximum atomic E-state index is 15.2. The van der Waals surface area contributed by atoms with Gasteiger partial charge in [0.25, 0.3) is 0 Å². The van der Waals surface area contributed by atoms with Gasteiger partial charge in [-0.2, -0.15) is 5.26 Å². The second kappa shape index (κ2) is 11.6. The van der Waals surface area contributed by atoms with Crippen LogP contribution in [-0.2, 0) is 14.2 Å². The summed E-state index contributed by atoms with van der Waals surface area (Å²) >= 11 is 7.74. The van der Waals surface area contributed by atoms with Gasteiger partial charge in [0.1, 0.15) is 45.9 Å². The highest BCUT2D eigenvalue weighted by atomic mass is 35.5. The molecule has 10 nitrogen and oxygen atoms in total. The lowest BCUT2D eigenvalue weighted by Gasteiger charge is -2.35. The lowest BCUT2D eigenvalue weighted by molar-refractivity contribution is -0.0797. The summed E-state index contributed by atoms with van der Waals surface area (Å²) in [5.41, 5.74) is -0.235. The van der Waals surface area contributed by atoms with E-state index in [0.717, 1.165) is 0 Å². The first-order chi connectivity index (χ1) is 19.8. The van der Waals surface area contributed by atoms with Crippen LogP contribution in [0.15, 0.2) is 30.3 Å². The van der Waals surface area contributed by atoms with Gasteiger partial charge in [0.15, 0.2) is 11.6 Å². The topological polar surface area (TPSA) is 116 Å². The minimum absolute atomic E-state index is 0.0348. The van der Waals surface area contributed by atoms with Crippen molar-refractivity contribution in [1.82, 2.24) is 15.1 Å². The number of nitrogens with zero attached hydrogens (tertiary/aromatic N) is 4. The van der Waals surface area contributed by atoms with Gasteiger partial charge in [-0.05, 0) is 58.9 Å². The number of hydrogen-bond acceptors (Lipinski definition) is 10. The van der Waals surface area contributed by atoms with Gasteiger partial charge in [0, 0.05) is 17.2 Å². The van der Waals surface area contributed by atoms with Crippen LogP contribution in [0.3, 0.4) is 0 Å². The number of carbonyl (C=O) groups excluding carboxylic acids is 1. The van der Waals surface area contributed by atoms with E-state index in [-0.39, 0.29) is 30.1 Å². The summed E-state index contributed by atoms with van der Waals surface area (Å²) in [7, 11) is 0. The van der Waals surface area contributed by atoms with Gasteiger partial charge in [-0.25, -0.2) is 9.18 Å². The highest BCUT2D eigenvalue weighted by molar-refractivity contribution is 7.18. The number of hydrogen-bond donors (Lipinski definition) is 0. The highest BCUT2D eigenvalue weighted by Crippen LogP contribution is 2.38. The van der Waals surface area contributed by atoms with Crippen molar-refractivity contribution in [1.29, 1.82) is 5.26 Å². The molecule has 1 amide bonds. The van der Waals surface area contributed by atoms with Crippen LogP contribution < -0.4 is 9.47 Å². The number of rotatable bonds is 7. The molecule has 5 rings (SSSR count). The van der Waals surface area contributed by atoms with E-state index in [1.54, 1.807) is 52.8 Å². The summed E-state index contributed by atoms with van der Waals surface area (Å²) in [6.45, 7) is 10.00. The van der Waals surface area contributed by atoms with Crippen LogP contribution in [-0.4, -0.2) is 71.1 Å². The molecule has 3 heterocycles. The summed E-state index contributed by atoms with van der Waals surface area (Å²) in [6, 6.07) is 9.42. The third-order valence-electron chi connectivity index (χ3n) is 6.52. The number of aromatic nitrogens is 2. The molecule has 2 saturated heterocycles. The van der Waals surface area contributed by atoms with E-state index in [0.29, 0.717) is 45.7 Å². The molecular weight excluding hydrogens is 587 g/mol. The quantitative estimate of drug-likeness (QED) is 0.312.